The van der Waals surface area contributed by atoms with Crippen LogP contribution in [0, 0.1) is 18.6 Å². The largest absolute Gasteiger partial charge is 0.507 e. The van der Waals surface area contributed by atoms with Gasteiger partial charge in [-0.1, -0.05) is 71.5 Å². The molecule has 1 unspecified atom stereocenters. The van der Waals surface area contributed by atoms with Crippen molar-refractivity contribution in [3.05, 3.63) is 101 Å². The van der Waals surface area contributed by atoms with Gasteiger partial charge in [0.15, 0.2) is 10.9 Å². The normalized spacial score (nSPS) is 17.8. The van der Waals surface area contributed by atoms with Gasteiger partial charge in [0.2, 0.25) is 0 Å². The third-order valence-electron chi connectivity index (χ3n) is 5.46. The molecule has 1 aliphatic heterocycles. The fourth-order valence-corrected chi connectivity index (χ4v) is 5.02. The number of hydrogen-bond acceptors (Lipinski definition) is 5. The lowest BCUT2D eigenvalue weighted by atomic mass is 9.94. The van der Waals surface area contributed by atoms with Gasteiger partial charge >= 0.3 is 5.91 Å². The van der Waals surface area contributed by atoms with E-state index in [9.17, 15) is 23.5 Å². The van der Waals surface area contributed by atoms with Crippen molar-refractivity contribution < 1.29 is 23.5 Å². The van der Waals surface area contributed by atoms with E-state index in [-0.39, 0.29) is 26.7 Å². The molecule has 2 heterocycles. The van der Waals surface area contributed by atoms with Gasteiger partial charge in [-0.15, -0.1) is 0 Å². The van der Waals surface area contributed by atoms with Crippen molar-refractivity contribution in [3.63, 3.8) is 0 Å². The lowest BCUT2D eigenvalue weighted by Gasteiger charge is -2.23. The number of anilines is 1. The van der Waals surface area contributed by atoms with Crippen LogP contribution in [0.3, 0.4) is 0 Å². The number of halogens is 2. The number of aliphatic hydroxyl groups excluding tert-OH is 1. The molecule has 1 fully saturated rings. The molecular formula is C25H16F2N2O3S. The summed E-state index contributed by atoms with van der Waals surface area (Å²) in [4.78, 5) is 31.7. The Kier molecular flexibility index (Phi) is 5.02. The zero-order valence-corrected chi connectivity index (χ0v) is 18.1. The number of amides is 1. The fraction of sp³-hybridized carbons (Fsp3) is 0.0800. The molecular weight excluding hydrogens is 446 g/mol. The summed E-state index contributed by atoms with van der Waals surface area (Å²) >= 11 is 0.898. The monoisotopic (exact) mass is 462 g/mol. The Balaban J connectivity index is 1.76. The first-order valence-corrected chi connectivity index (χ1v) is 10.9. The quantitative estimate of drug-likeness (QED) is 0.248. The van der Waals surface area contributed by atoms with Crippen LogP contribution < -0.4 is 4.90 Å². The predicted molar refractivity (Wildman–Crippen MR) is 122 cm³/mol. The van der Waals surface area contributed by atoms with Crippen molar-refractivity contribution in [2.24, 2.45) is 0 Å². The third kappa shape index (κ3) is 3.48. The number of rotatable bonds is 3. The van der Waals surface area contributed by atoms with E-state index in [1.165, 1.54) is 0 Å². The molecule has 8 heteroatoms. The van der Waals surface area contributed by atoms with Crippen LogP contribution in [0.4, 0.5) is 13.9 Å². The van der Waals surface area contributed by atoms with Crippen molar-refractivity contribution in [1.29, 1.82) is 0 Å². The molecule has 1 saturated heterocycles. The van der Waals surface area contributed by atoms with E-state index in [1.54, 1.807) is 48.5 Å². The van der Waals surface area contributed by atoms with Gasteiger partial charge < -0.3 is 5.11 Å². The van der Waals surface area contributed by atoms with Gasteiger partial charge in [-0.25, -0.2) is 13.8 Å². The molecule has 0 aliphatic carbocycles. The topological polar surface area (TPSA) is 70.5 Å². The predicted octanol–water partition coefficient (Wildman–Crippen LogP) is 5.51. The van der Waals surface area contributed by atoms with E-state index in [0.717, 1.165) is 27.9 Å². The molecule has 3 aromatic carbocycles. The minimum absolute atomic E-state index is 0.0372. The Morgan fingerprint density at radius 2 is 1.79 bits per heavy atom. The lowest BCUT2D eigenvalue weighted by Crippen LogP contribution is -2.29. The number of hydrogen-bond donors (Lipinski definition) is 1. The van der Waals surface area contributed by atoms with Crippen molar-refractivity contribution in [2.45, 2.75) is 13.0 Å². The number of carbonyl (C=O) groups excluding carboxylic acids is 2. The first-order chi connectivity index (χ1) is 15.8. The Labute approximate surface area is 191 Å². The van der Waals surface area contributed by atoms with Gasteiger partial charge in [-0.05, 0) is 18.6 Å². The molecule has 1 amide bonds. The second kappa shape index (κ2) is 7.90. The maximum Gasteiger partial charge on any atom is 0.301 e. The van der Waals surface area contributed by atoms with E-state index in [4.69, 9.17) is 0 Å². The first kappa shape index (κ1) is 21.0. The maximum absolute atomic E-state index is 14.3. The first-order valence-electron chi connectivity index (χ1n) is 10.0. The molecule has 1 aliphatic rings. The zero-order valence-electron chi connectivity index (χ0n) is 17.3. The summed E-state index contributed by atoms with van der Waals surface area (Å²) in [5.74, 6) is -3.73. The van der Waals surface area contributed by atoms with Gasteiger partial charge in [0.1, 0.15) is 17.1 Å². The molecule has 5 rings (SSSR count). The van der Waals surface area contributed by atoms with Crippen LogP contribution in [0.15, 0.2) is 72.3 Å². The number of thiazole rings is 1. The number of ketones is 1. The van der Waals surface area contributed by atoms with Crippen molar-refractivity contribution in [1.82, 2.24) is 4.98 Å². The van der Waals surface area contributed by atoms with Gasteiger partial charge in [0.05, 0.1) is 16.3 Å². The smallest absolute Gasteiger partial charge is 0.301 e. The molecule has 1 N–H and O–H groups in total. The summed E-state index contributed by atoms with van der Waals surface area (Å²) in [5, 5.41) is 11.1. The van der Waals surface area contributed by atoms with Crippen LogP contribution in [0.25, 0.3) is 16.0 Å². The molecule has 0 saturated carbocycles. The number of Topliss-reactive ketones (excluding diaryl/α,β-unsaturated/α-hetero) is 1. The third-order valence-corrected chi connectivity index (χ3v) is 6.46. The SMILES string of the molecule is Cc1cccc(C2/C(=C(\O)c3ccccc3)C(=O)C(=O)N2c2nc3c(F)cc(F)cc3s2)c1. The van der Waals surface area contributed by atoms with Crippen molar-refractivity contribution in [2.75, 3.05) is 4.90 Å². The number of benzene rings is 3. The summed E-state index contributed by atoms with van der Waals surface area (Å²) in [6, 6.07) is 16.5. The van der Waals surface area contributed by atoms with Crippen LogP contribution in [0.1, 0.15) is 22.7 Å². The molecule has 0 spiro atoms. The molecule has 164 valence electrons. The van der Waals surface area contributed by atoms with Crippen LogP contribution in [-0.4, -0.2) is 21.8 Å². The molecule has 5 nitrogen and oxygen atoms in total. The highest BCUT2D eigenvalue weighted by atomic mass is 32.1. The molecule has 0 bridgehead atoms. The van der Waals surface area contributed by atoms with Gasteiger partial charge in [-0.2, -0.15) is 0 Å². The average molecular weight is 462 g/mol. The minimum atomic E-state index is -0.987. The van der Waals surface area contributed by atoms with Gasteiger partial charge in [0, 0.05) is 11.6 Å². The number of aromatic nitrogens is 1. The number of fused-ring (bicyclic) bond motifs is 1. The van der Waals surface area contributed by atoms with E-state index in [2.05, 4.69) is 4.98 Å². The van der Waals surface area contributed by atoms with Crippen LogP contribution in [-0.2, 0) is 9.59 Å². The number of aliphatic hydroxyl groups is 1. The zero-order chi connectivity index (χ0) is 23.3. The minimum Gasteiger partial charge on any atom is -0.507 e. The fourth-order valence-electron chi connectivity index (χ4n) is 3.99. The van der Waals surface area contributed by atoms with Gasteiger partial charge in [-0.3, -0.25) is 14.5 Å². The summed E-state index contributed by atoms with van der Waals surface area (Å²) in [6.45, 7) is 1.86. The summed E-state index contributed by atoms with van der Waals surface area (Å²) in [5.41, 5.74) is 1.66. The highest BCUT2D eigenvalue weighted by Gasteiger charge is 2.48. The van der Waals surface area contributed by atoms with Crippen molar-refractivity contribution >= 4 is 44.1 Å². The standard InChI is InChI=1S/C25H16F2N2O3S/c1-13-6-5-9-15(10-13)21-19(22(30)14-7-3-2-4-8-14)23(31)24(32)29(21)25-28-20-17(27)11-16(26)12-18(20)33-25/h2-12,21,30H,1H3/b22-19+. The van der Waals surface area contributed by atoms with Crippen molar-refractivity contribution in [3.8, 4) is 0 Å². The lowest BCUT2D eigenvalue weighted by molar-refractivity contribution is -0.132. The Hall–Kier alpha value is -3.91. The molecule has 33 heavy (non-hydrogen) atoms. The molecule has 4 aromatic rings. The second-order valence-electron chi connectivity index (χ2n) is 7.68. The van der Waals surface area contributed by atoms with E-state index >= 15 is 0 Å². The van der Waals surface area contributed by atoms with Crippen LogP contribution in [0.5, 0.6) is 0 Å². The average Bonchev–Trinajstić information content (AvgIpc) is 3.33. The molecule has 1 atom stereocenters. The number of carbonyl (C=O) groups is 2. The summed E-state index contributed by atoms with van der Waals surface area (Å²) in [6.07, 6.45) is 0. The Bertz CT molecular complexity index is 1460. The van der Waals surface area contributed by atoms with Crippen LogP contribution in [0.2, 0.25) is 0 Å². The molecule has 0 radical (unpaired) electrons. The Morgan fingerprint density at radius 1 is 1.03 bits per heavy atom. The number of aryl methyl sites for hydroxylation is 1. The molecule has 1 aromatic heterocycles. The van der Waals surface area contributed by atoms with E-state index < -0.39 is 29.4 Å². The highest BCUT2D eigenvalue weighted by molar-refractivity contribution is 7.22. The summed E-state index contributed by atoms with van der Waals surface area (Å²) in [7, 11) is 0. The second-order valence-corrected chi connectivity index (χ2v) is 8.69. The van der Waals surface area contributed by atoms with Crippen LogP contribution >= 0.6 is 11.3 Å². The Morgan fingerprint density at radius 3 is 2.52 bits per heavy atom. The van der Waals surface area contributed by atoms with Gasteiger partial charge in [0.25, 0.3) is 5.78 Å². The van der Waals surface area contributed by atoms with E-state index in [1.807, 2.05) is 13.0 Å². The highest BCUT2D eigenvalue weighted by Crippen LogP contribution is 2.44. The maximum atomic E-state index is 14.3. The van der Waals surface area contributed by atoms with E-state index in [0.29, 0.717) is 17.2 Å². The summed E-state index contributed by atoms with van der Waals surface area (Å²) < 4.78 is 28.2. The number of nitrogens with zero attached hydrogens (tertiary/aromatic N) is 2.